The van der Waals surface area contributed by atoms with E-state index in [9.17, 15) is 0 Å². The largest absolute Gasteiger partial charge is 0.311 e. The molecule has 1 heterocycles. The molecule has 84 valence electrons. The van der Waals surface area contributed by atoms with Crippen LogP contribution in [-0.4, -0.2) is 28.5 Å². The van der Waals surface area contributed by atoms with Crippen molar-refractivity contribution in [2.75, 3.05) is 18.6 Å². The summed E-state index contributed by atoms with van der Waals surface area (Å²) in [5.41, 5.74) is 1.99. The smallest absolute Gasteiger partial charge is 0.0724 e. The van der Waals surface area contributed by atoms with E-state index in [0.717, 1.165) is 24.5 Å². The highest BCUT2D eigenvalue weighted by Crippen LogP contribution is 1.98. The van der Waals surface area contributed by atoms with E-state index >= 15 is 0 Å². The lowest BCUT2D eigenvalue weighted by molar-refractivity contribution is 0.633. The quantitative estimate of drug-likeness (QED) is 0.720. The molecule has 3 nitrogen and oxygen atoms in total. The molecule has 0 bridgehead atoms. The Morgan fingerprint density at radius 3 is 2.80 bits per heavy atom. The van der Waals surface area contributed by atoms with Gasteiger partial charge in [-0.2, -0.15) is 11.8 Å². The molecule has 0 fully saturated rings. The molecular formula is C11H19N3S. The minimum Gasteiger partial charge on any atom is -0.311 e. The highest BCUT2D eigenvalue weighted by atomic mass is 32.2. The lowest BCUT2D eigenvalue weighted by atomic mass is 10.3. The Hall–Kier alpha value is -0.610. The molecule has 1 aromatic heterocycles. The van der Waals surface area contributed by atoms with Gasteiger partial charge in [-0.15, -0.1) is 0 Å². The molecule has 1 aromatic rings. The molecule has 0 unspecified atom stereocenters. The normalized spacial score (nSPS) is 10.5. The van der Waals surface area contributed by atoms with Crippen molar-refractivity contribution in [2.24, 2.45) is 0 Å². The van der Waals surface area contributed by atoms with Gasteiger partial charge in [-0.1, -0.05) is 0 Å². The number of thioether (sulfide) groups is 1. The van der Waals surface area contributed by atoms with Crippen molar-refractivity contribution < 1.29 is 0 Å². The number of nitrogens with one attached hydrogen (secondary N) is 1. The van der Waals surface area contributed by atoms with Crippen LogP contribution < -0.4 is 5.32 Å². The van der Waals surface area contributed by atoms with E-state index in [2.05, 4.69) is 21.5 Å². The Kier molecular flexibility index (Phi) is 6.36. The van der Waals surface area contributed by atoms with Gasteiger partial charge in [0, 0.05) is 18.9 Å². The van der Waals surface area contributed by atoms with Gasteiger partial charge < -0.3 is 5.32 Å². The first-order valence-corrected chi connectivity index (χ1v) is 6.69. The fourth-order valence-electron chi connectivity index (χ4n) is 1.22. The molecule has 0 saturated carbocycles. The zero-order valence-electron chi connectivity index (χ0n) is 9.49. The molecule has 15 heavy (non-hydrogen) atoms. The number of hydrogen-bond donors (Lipinski definition) is 1. The van der Waals surface area contributed by atoms with Gasteiger partial charge in [-0.25, -0.2) is 0 Å². The minimum atomic E-state index is 0.826. The van der Waals surface area contributed by atoms with Gasteiger partial charge >= 0.3 is 0 Å². The van der Waals surface area contributed by atoms with Crippen LogP contribution in [0.25, 0.3) is 0 Å². The van der Waals surface area contributed by atoms with Gasteiger partial charge in [0.2, 0.25) is 0 Å². The average Bonchev–Trinajstić information content (AvgIpc) is 2.26. The van der Waals surface area contributed by atoms with Crippen LogP contribution >= 0.6 is 11.8 Å². The van der Waals surface area contributed by atoms with Crippen LogP contribution in [0.1, 0.15) is 24.2 Å². The van der Waals surface area contributed by atoms with Crippen molar-refractivity contribution in [1.82, 2.24) is 15.3 Å². The van der Waals surface area contributed by atoms with Gasteiger partial charge in [0.25, 0.3) is 0 Å². The number of aromatic nitrogens is 2. The van der Waals surface area contributed by atoms with Gasteiger partial charge in [0.15, 0.2) is 0 Å². The molecule has 1 N–H and O–H groups in total. The summed E-state index contributed by atoms with van der Waals surface area (Å²) in [6, 6.07) is 0. The van der Waals surface area contributed by atoms with Crippen molar-refractivity contribution >= 4 is 11.8 Å². The van der Waals surface area contributed by atoms with Crippen molar-refractivity contribution in [3.05, 3.63) is 23.8 Å². The van der Waals surface area contributed by atoms with Crippen LogP contribution in [-0.2, 0) is 6.54 Å². The summed E-state index contributed by atoms with van der Waals surface area (Å²) in [6.07, 6.45) is 8.32. The summed E-state index contributed by atoms with van der Waals surface area (Å²) in [7, 11) is 0. The number of nitrogens with zero attached hydrogens (tertiary/aromatic N) is 2. The molecule has 0 spiro atoms. The molecule has 0 atom stereocenters. The summed E-state index contributed by atoms with van der Waals surface area (Å²) in [5, 5.41) is 3.37. The standard InChI is InChI=1S/C11H19N3S/c1-10-7-14-11(9-13-10)8-12-5-3-4-6-15-2/h7,9,12H,3-6,8H2,1-2H3. The number of rotatable bonds is 7. The molecule has 4 heteroatoms. The molecule has 0 aliphatic heterocycles. The van der Waals surface area contributed by atoms with Crippen molar-refractivity contribution in [2.45, 2.75) is 26.3 Å². The summed E-state index contributed by atoms with van der Waals surface area (Å²) in [6.45, 7) is 3.84. The van der Waals surface area contributed by atoms with Gasteiger partial charge in [0.05, 0.1) is 11.4 Å². The second-order valence-electron chi connectivity index (χ2n) is 3.53. The van der Waals surface area contributed by atoms with Crippen LogP contribution in [0.15, 0.2) is 12.4 Å². The van der Waals surface area contributed by atoms with E-state index in [-0.39, 0.29) is 0 Å². The first-order valence-electron chi connectivity index (χ1n) is 5.30. The van der Waals surface area contributed by atoms with E-state index in [1.54, 1.807) is 0 Å². The SMILES string of the molecule is CSCCCCNCc1cnc(C)cn1. The fraction of sp³-hybridized carbons (Fsp3) is 0.636. The highest BCUT2D eigenvalue weighted by molar-refractivity contribution is 7.98. The maximum absolute atomic E-state index is 4.28. The molecule has 0 aliphatic rings. The van der Waals surface area contributed by atoms with Crippen molar-refractivity contribution in [3.63, 3.8) is 0 Å². The Balaban J connectivity index is 2.07. The zero-order valence-corrected chi connectivity index (χ0v) is 10.3. The topological polar surface area (TPSA) is 37.8 Å². The van der Waals surface area contributed by atoms with E-state index in [0.29, 0.717) is 0 Å². The predicted molar refractivity (Wildman–Crippen MR) is 66.1 cm³/mol. The zero-order chi connectivity index (χ0) is 10.9. The van der Waals surface area contributed by atoms with E-state index in [4.69, 9.17) is 0 Å². The van der Waals surface area contributed by atoms with Gasteiger partial charge in [-0.3, -0.25) is 9.97 Å². The van der Waals surface area contributed by atoms with Crippen molar-refractivity contribution in [1.29, 1.82) is 0 Å². The molecule has 1 rings (SSSR count). The minimum absolute atomic E-state index is 0.826. The molecule has 0 saturated heterocycles. The lowest BCUT2D eigenvalue weighted by Crippen LogP contribution is -2.15. The maximum Gasteiger partial charge on any atom is 0.0724 e. The predicted octanol–water partition coefficient (Wildman–Crippen LogP) is 2.02. The number of aryl methyl sites for hydroxylation is 1. The summed E-state index contributed by atoms with van der Waals surface area (Å²) in [4.78, 5) is 8.48. The molecule has 0 aliphatic carbocycles. The van der Waals surface area contributed by atoms with Crippen LogP contribution in [0.2, 0.25) is 0 Å². The Morgan fingerprint density at radius 2 is 2.13 bits per heavy atom. The van der Waals surface area contributed by atoms with Gasteiger partial charge in [-0.05, 0) is 38.3 Å². The van der Waals surface area contributed by atoms with E-state index < -0.39 is 0 Å². The van der Waals surface area contributed by atoms with Crippen molar-refractivity contribution in [3.8, 4) is 0 Å². The third kappa shape index (κ3) is 5.74. The van der Waals surface area contributed by atoms with E-state index in [1.165, 1.54) is 18.6 Å². The third-order valence-corrected chi connectivity index (χ3v) is 2.79. The number of unbranched alkanes of at least 4 members (excludes halogenated alkanes) is 1. The molecule has 0 radical (unpaired) electrons. The van der Waals surface area contributed by atoms with Crippen LogP contribution in [0.3, 0.4) is 0 Å². The summed E-state index contributed by atoms with van der Waals surface area (Å²) >= 11 is 1.91. The Morgan fingerprint density at radius 1 is 1.27 bits per heavy atom. The average molecular weight is 225 g/mol. The first-order chi connectivity index (χ1) is 7.33. The van der Waals surface area contributed by atoms with Crippen LogP contribution in [0.5, 0.6) is 0 Å². The van der Waals surface area contributed by atoms with E-state index in [1.807, 2.05) is 31.1 Å². The third-order valence-electron chi connectivity index (χ3n) is 2.09. The highest BCUT2D eigenvalue weighted by Gasteiger charge is 1.94. The first kappa shape index (κ1) is 12.5. The second-order valence-corrected chi connectivity index (χ2v) is 4.51. The monoisotopic (exact) mass is 225 g/mol. The summed E-state index contributed by atoms with van der Waals surface area (Å²) in [5.74, 6) is 1.26. The second kappa shape index (κ2) is 7.65. The van der Waals surface area contributed by atoms with Crippen LogP contribution in [0, 0.1) is 6.92 Å². The lowest BCUT2D eigenvalue weighted by Gasteiger charge is -2.03. The Bertz CT molecular complexity index is 261. The molecule has 0 aromatic carbocycles. The Labute approximate surface area is 96.1 Å². The maximum atomic E-state index is 4.28. The molecule has 0 amide bonds. The van der Waals surface area contributed by atoms with Crippen LogP contribution in [0.4, 0.5) is 0 Å². The van der Waals surface area contributed by atoms with Gasteiger partial charge in [0.1, 0.15) is 0 Å². The number of hydrogen-bond acceptors (Lipinski definition) is 4. The fourth-order valence-corrected chi connectivity index (χ4v) is 1.72. The summed E-state index contributed by atoms with van der Waals surface area (Å²) < 4.78 is 0. The molecular weight excluding hydrogens is 206 g/mol.